The molecule has 2 fully saturated rings. The molecule has 0 unspecified atom stereocenters. The van der Waals surface area contributed by atoms with Gasteiger partial charge in [-0.3, -0.25) is 9.59 Å². The molecule has 2 amide bonds. The van der Waals surface area contributed by atoms with E-state index in [4.69, 9.17) is 10.5 Å². The Hall–Kier alpha value is -3.44. The van der Waals surface area contributed by atoms with Crippen LogP contribution in [0.15, 0.2) is 42.5 Å². The molecule has 2 N–H and O–H groups in total. The molecule has 4 rings (SSSR count). The van der Waals surface area contributed by atoms with Gasteiger partial charge in [-0.2, -0.15) is 5.26 Å². The quantitative estimate of drug-likeness (QED) is 0.466. The van der Waals surface area contributed by atoms with Gasteiger partial charge in [-0.05, 0) is 92.9 Å². The smallest absolute Gasteiger partial charge is 0.254 e. The lowest BCUT2D eigenvalue weighted by Crippen LogP contribution is -2.44. The molecule has 0 bridgehead atoms. The van der Waals surface area contributed by atoms with Crippen LogP contribution in [0.3, 0.4) is 0 Å². The van der Waals surface area contributed by atoms with E-state index in [1.54, 1.807) is 23.1 Å². The summed E-state index contributed by atoms with van der Waals surface area (Å²) in [6.45, 7) is 7.10. The number of rotatable bonds is 10. The number of hydrogen-bond donors (Lipinski definition) is 1. The molecule has 39 heavy (non-hydrogen) atoms. The van der Waals surface area contributed by atoms with Crippen molar-refractivity contribution >= 4 is 11.8 Å². The standard InChI is InChI=1S/C31H39FN4O3/c1-3-31(32,4-2)21-35-16-13-22(14-17-35)20-39-28-12-11-25(18-26(28)19-33)23-7-9-24(10-8-23)30(38)36-15-5-6-27(36)29(34)37/h7-12,18,22,27H,3-6,13-17,20-21H2,1-2H3,(H2,34,37)/t27-/m0/s1. The van der Waals surface area contributed by atoms with Gasteiger partial charge in [0.2, 0.25) is 5.91 Å². The zero-order chi connectivity index (χ0) is 28.0. The number of hydrogen-bond acceptors (Lipinski definition) is 5. The van der Waals surface area contributed by atoms with Gasteiger partial charge in [0.25, 0.3) is 5.91 Å². The molecule has 2 aliphatic heterocycles. The number of primary amides is 1. The van der Waals surface area contributed by atoms with E-state index in [-0.39, 0.29) is 5.91 Å². The van der Waals surface area contributed by atoms with E-state index in [9.17, 15) is 19.2 Å². The van der Waals surface area contributed by atoms with Crippen LogP contribution in [-0.4, -0.2) is 66.1 Å². The summed E-state index contributed by atoms with van der Waals surface area (Å²) < 4.78 is 20.8. The minimum Gasteiger partial charge on any atom is -0.492 e. The van der Waals surface area contributed by atoms with Gasteiger partial charge in [-0.1, -0.05) is 32.0 Å². The Bertz CT molecular complexity index is 1200. The van der Waals surface area contributed by atoms with Crippen LogP contribution in [-0.2, 0) is 4.79 Å². The summed E-state index contributed by atoms with van der Waals surface area (Å²) in [7, 11) is 0. The number of piperidine rings is 1. The molecule has 2 aromatic rings. The Balaban J connectivity index is 1.34. The lowest BCUT2D eigenvalue weighted by Gasteiger charge is -2.36. The molecule has 2 aromatic carbocycles. The molecule has 2 saturated heterocycles. The maximum atomic E-state index is 14.8. The summed E-state index contributed by atoms with van der Waals surface area (Å²) in [5.41, 5.74) is 7.03. The van der Waals surface area contributed by atoms with Gasteiger partial charge in [-0.15, -0.1) is 0 Å². The third-order valence-corrected chi connectivity index (χ3v) is 8.36. The molecule has 8 heteroatoms. The van der Waals surface area contributed by atoms with Crippen LogP contribution in [0.5, 0.6) is 5.75 Å². The van der Waals surface area contributed by atoms with Crippen LogP contribution in [0.2, 0.25) is 0 Å². The summed E-state index contributed by atoms with van der Waals surface area (Å²) in [5.74, 6) is 0.261. The SMILES string of the molecule is CCC(F)(CC)CN1CCC(COc2ccc(-c3ccc(C(=O)N4CCC[C@H]4C(N)=O)cc3)cc2C#N)CC1. The second kappa shape index (κ2) is 12.6. The molecule has 1 atom stereocenters. The van der Waals surface area contributed by atoms with Gasteiger partial charge in [0, 0.05) is 18.7 Å². The molecular weight excluding hydrogens is 495 g/mol. The van der Waals surface area contributed by atoms with E-state index in [1.807, 2.05) is 38.1 Å². The van der Waals surface area contributed by atoms with E-state index in [2.05, 4.69) is 11.0 Å². The molecule has 0 aromatic heterocycles. The fourth-order valence-corrected chi connectivity index (χ4v) is 5.59. The molecule has 7 nitrogen and oxygen atoms in total. The van der Waals surface area contributed by atoms with Crippen molar-refractivity contribution in [3.63, 3.8) is 0 Å². The first-order valence-corrected chi connectivity index (χ1v) is 14.1. The van der Waals surface area contributed by atoms with Crippen molar-refractivity contribution in [1.82, 2.24) is 9.80 Å². The number of nitrogens with two attached hydrogens (primary N) is 1. The highest BCUT2D eigenvalue weighted by molar-refractivity contribution is 5.98. The molecule has 0 radical (unpaired) electrons. The third kappa shape index (κ3) is 6.77. The predicted molar refractivity (Wildman–Crippen MR) is 149 cm³/mol. The van der Waals surface area contributed by atoms with E-state index in [0.29, 0.717) is 61.8 Å². The number of carbonyl (C=O) groups is 2. The molecule has 0 aliphatic carbocycles. The number of halogens is 1. The summed E-state index contributed by atoms with van der Waals surface area (Å²) >= 11 is 0. The van der Waals surface area contributed by atoms with Gasteiger partial charge < -0.3 is 20.3 Å². The van der Waals surface area contributed by atoms with Crippen molar-refractivity contribution in [3.05, 3.63) is 53.6 Å². The van der Waals surface area contributed by atoms with Gasteiger partial charge in [0.15, 0.2) is 0 Å². The third-order valence-electron chi connectivity index (χ3n) is 8.36. The van der Waals surface area contributed by atoms with Crippen molar-refractivity contribution in [2.45, 2.75) is 64.1 Å². The molecule has 2 heterocycles. The fourth-order valence-electron chi connectivity index (χ4n) is 5.59. The molecule has 0 saturated carbocycles. The number of amides is 2. The van der Waals surface area contributed by atoms with Gasteiger partial charge in [0.05, 0.1) is 12.2 Å². The van der Waals surface area contributed by atoms with Crippen LogP contribution in [0.4, 0.5) is 4.39 Å². The second-order valence-corrected chi connectivity index (χ2v) is 10.8. The number of nitriles is 1. The van der Waals surface area contributed by atoms with Gasteiger partial charge >= 0.3 is 0 Å². The first-order chi connectivity index (χ1) is 18.8. The fraction of sp³-hybridized carbons (Fsp3) is 0.516. The maximum Gasteiger partial charge on any atom is 0.254 e. The average Bonchev–Trinajstić information content (AvgIpc) is 3.47. The minimum atomic E-state index is -1.11. The first-order valence-electron chi connectivity index (χ1n) is 14.1. The Labute approximate surface area is 230 Å². The number of benzene rings is 2. The Morgan fingerprint density at radius 1 is 1.05 bits per heavy atom. The van der Waals surface area contributed by atoms with E-state index >= 15 is 0 Å². The molecule has 0 spiro atoms. The molecule has 2 aliphatic rings. The van der Waals surface area contributed by atoms with Crippen molar-refractivity contribution in [2.24, 2.45) is 11.7 Å². The number of nitrogens with zero attached hydrogens (tertiary/aromatic N) is 3. The van der Waals surface area contributed by atoms with Gasteiger partial charge in [-0.25, -0.2) is 4.39 Å². The van der Waals surface area contributed by atoms with Crippen LogP contribution < -0.4 is 10.5 Å². The highest BCUT2D eigenvalue weighted by Gasteiger charge is 2.33. The van der Waals surface area contributed by atoms with Crippen LogP contribution >= 0.6 is 0 Å². The second-order valence-electron chi connectivity index (χ2n) is 10.8. The highest BCUT2D eigenvalue weighted by Crippen LogP contribution is 2.30. The summed E-state index contributed by atoms with van der Waals surface area (Å²) in [4.78, 5) is 28.3. The first kappa shape index (κ1) is 28.6. The van der Waals surface area contributed by atoms with E-state index in [1.165, 1.54) is 0 Å². The van der Waals surface area contributed by atoms with E-state index in [0.717, 1.165) is 43.5 Å². The zero-order valence-electron chi connectivity index (χ0n) is 23.0. The molecule has 208 valence electrons. The largest absolute Gasteiger partial charge is 0.492 e. The number of likely N-dealkylation sites (tertiary alicyclic amines) is 2. The van der Waals surface area contributed by atoms with Crippen LogP contribution in [0, 0.1) is 17.2 Å². The van der Waals surface area contributed by atoms with Gasteiger partial charge in [0.1, 0.15) is 23.5 Å². The lowest BCUT2D eigenvalue weighted by molar-refractivity contribution is -0.121. The summed E-state index contributed by atoms with van der Waals surface area (Å²) in [5, 5.41) is 9.76. The van der Waals surface area contributed by atoms with E-state index < -0.39 is 17.6 Å². The van der Waals surface area contributed by atoms with Crippen LogP contribution in [0.25, 0.3) is 11.1 Å². The minimum absolute atomic E-state index is 0.199. The van der Waals surface area contributed by atoms with Crippen molar-refractivity contribution < 1.29 is 18.7 Å². The highest BCUT2D eigenvalue weighted by atomic mass is 19.1. The number of ether oxygens (including phenoxy) is 1. The Morgan fingerprint density at radius 3 is 2.33 bits per heavy atom. The summed E-state index contributed by atoms with van der Waals surface area (Å²) in [6.07, 6.45) is 4.34. The topological polar surface area (TPSA) is 99.7 Å². The number of alkyl halides is 1. The normalized spacial score (nSPS) is 18.6. The monoisotopic (exact) mass is 534 g/mol. The lowest BCUT2D eigenvalue weighted by atomic mass is 9.94. The van der Waals surface area contributed by atoms with Crippen molar-refractivity contribution in [3.8, 4) is 22.9 Å². The molecular formula is C31H39FN4O3. The summed E-state index contributed by atoms with van der Waals surface area (Å²) in [6, 6.07) is 14.4. The average molecular weight is 535 g/mol. The zero-order valence-corrected chi connectivity index (χ0v) is 23.0. The Kier molecular flexibility index (Phi) is 9.24. The number of carbonyl (C=O) groups excluding carboxylic acids is 2. The Morgan fingerprint density at radius 2 is 1.72 bits per heavy atom. The predicted octanol–water partition coefficient (Wildman–Crippen LogP) is 4.93. The van der Waals surface area contributed by atoms with Crippen LogP contribution in [0.1, 0.15) is 68.3 Å². The van der Waals surface area contributed by atoms with Crippen molar-refractivity contribution in [1.29, 1.82) is 5.26 Å². The van der Waals surface area contributed by atoms with Crippen molar-refractivity contribution in [2.75, 3.05) is 32.8 Å². The maximum absolute atomic E-state index is 14.8.